The standard InChI is InChI=1S/C26H28BrClN4O5S2/c1-30-14-16-31(17-15-30)38(34,35)25-12-8-23(9-13-25)29-26(33)19-32(18-20-2-4-21(27)5-3-20)39(36,37)24-10-6-22(28)7-11-24/h2-13H,14-19H2,1H3,(H,29,33). The van der Waals surface area contributed by atoms with Gasteiger partial charge in [0.1, 0.15) is 0 Å². The Kier molecular flexibility index (Phi) is 9.48. The van der Waals surface area contributed by atoms with Gasteiger partial charge in [-0.3, -0.25) is 4.79 Å². The fourth-order valence-electron chi connectivity index (χ4n) is 4.02. The van der Waals surface area contributed by atoms with E-state index in [1.165, 1.54) is 52.8 Å². The first-order chi connectivity index (χ1) is 18.4. The van der Waals surface area contributed by atoms with E-state index in [4.69, 9.17) is 11.6 Å². The summed E-state index contributed by atoms with van der Waals surface area (Å²) < 4.78 is 56.2. The minimum absolute atomic E-state index is 0.00952. The second-order valence-corrected chi connectivity index (χ2v) is 14.4. The van der Waals surface area contributed by atoms with Gasteiger partial charge >= 0.3 is 0 Å². The van der Waals surface area contributed by atoms with Crippen LogP contribution in [0.15, 0.2) is 87.1 Å². The smallest absolute Gasteiger partial charge is 0.243 e. The number of sulfonamides is 2. The van der Waals surface area contributed by atoms with Crippen molar-refractivity contribution in [3.8, 4) is 0 Å². The molecule has 1 heterocycles. The molecule has 1 aliphatic heterocycles. The maximum absolute atomic E-state index is 13.4. The van der Waals surface area contributed by atoms with Crippen LogP contribution in [0.3, 0.4) is 0 Å². The summed E-state index contributed by atoms with van der Waals surface area (Å²) in [6.07, 6.45) is 0. The summed E-state index contributed by atoms with van der Waals surface area (Å²) in [5, 5.41) is 3.07. The van der Waals surface area contributed by atoms with Gasteiger partial charge in [-0.1, -0.05) is 39.7 Å². The first kappa shape index (κ1) is 29.7. The molecule has 0 aromatic heterocycles. The van der Waals surface area contributed by atoms with Crippen molar-refractivity contribution in [1.82, 2.24) is 13.5 Å². The molecule has 39 heavy (non-hydrogen) atoms. The highest BCUT2D eigenvalue weighted by Crippen LogP contribution is 2.23. The van der Waals surface area contributed by atoms with Crippen LogP contribution < -0.4 is 5.32 Å². The highest BCUT2D eigenvalue weighted by atomic mass is 79.9. The lowest BCUT2D eigenvalue weighted by molar-refractivity contribution is -0.116. The van der Waals surface area contributed by atoms with E-state index in [1.807, 2.05) is 7.05 Å². The van der Waals surface area contributed by atoms with E-state index in [1.54, 1.807) is 24.3 Å². The number of hydrogen-bond donors (Lipinski definition) is 1. The predicted molar refractivity (Wildman–Crippen MR) is 155 cm³/mol. The van der Waals surface area contributed by atoms with Crippen molar-refractivity contribution in [3.63, 3.8) is 0 Å². The fraction of sp³-hybridized carbons (Fsp3) is 0.269. The number of hydrogen-bond acceptors (Lipinski definition) is 6. The molecule has 4 rings (SSSR count). The van der Waals surface area contributed by atoms with Gasteiger partial charge in [0.15, 0.2) is 0 Å². The molecule has 1 N–H and O–H groups in total. The van der Waals surface area contributed by atoms with Crippen LogP contribution in [0.25, 0.3) is 0 Å². The molecule has 3 aromatic carbocycles. The summed E-state index contributed by atoms with van der Waals surface area (Å²) in [7, 11) is -5.74. The molecule has 0 unspecified atom stereocenters. The number of piperazine rings is 1. The normalized spacial score (nSPS) is 15.4. The van der Waals surface area contributed by atoms with Gasteiger partial charge in [0.05, 0.1) is 16.3 Å². The van der Waals surface area contributed by atoms with Gasteiger partial charge < -0.3 is 10.2 Å². The molecule has 0 spiro atoms. The third-order valence-corrected chi connectivity index (χ3v) is 10.8. The van der Waals surface area contributed by atoms with Gasteiger partial charge in [-0.15, -0.1) is 0 Å². The van der Waals surface area contributed by atoms with E-state index in [-0.39, 0.29) is 16.3 Å². The highest BCUT2D eigenvalue weighted by molar-refractivity contribution is 9.10. The molecule has 1 saturated heterocycles. The molecular weight excluding hydrogens is 628 g/mol. The lowest BCUT2D eigenvalue weighted by Crippen LogP contribution is -2.46. The number of anilines is 1. The predicted octanol–water partition coefficient (Wildman–Crippen LogP) is 3.87. The van der Waals surface area contributed by atoms with Gasteiger partial charge in [0.25, 0.3) is 0 Å². The van der Waals surface area contributed by atoms with Crippen LogP contribution in [-0.2, 0) is 31.4 Å². The van der Waals surface area contributed by atoms with Crippen molar-refractivity contribution in [2.24, 2.45) is 0 Å². The SMILES string of the molecule is CN1CCN(S(=O)(=O)c2ccc(NC(=O)CN(Cc3ccc(Br)cc3)S(=O)(=O)c3ccc(Cl)cc3)cc2)CC1. The zero-order valence-electron chi connectivity index (χ0n) is 21.1. The molecule has 0 bridgehead atoms. The van der Waals surface area contributed by atoms with Crippen LogP contribution in [0.5, 0.6) is 0 Å². The number of nitrogens with one attached hydrogen (secondary N) is 1. The summed E-state index contributed by atoms with van der Waals surface area (Å²) in [6.45, 7) is 1.64. The zero-order chi connectivity index (χ0) is 28.2. The monoisotopic (exact) mass is 654 g/mol. The van der Waals surface area contributed by atoms with Crippen molar-refractivity contribution in [1.29, 1.82) is 0 Å². The van der Waals surface area contributed by atoms with Crippen molar-refractivity contribution >= 4 is 59.2 Å². The molecule has 208 valence electrons. The van der Waals surface area contributed by atoms with Crippen LogP contribution in [0.2, 0.25) is 5.02 Å². The number of halogens is 2. The number of carbonyl (C=O) groups is 1. The summed E-state index contributed by atoms with van der Waals surface area (Å²) in [5.41, 5.74) is 1.05. The van der Waals surface area contributed by atoms with Gasteiger partial charge in [-0.2, -0.15) is 8.61 Å². The van der Waals surface area contributed by atoms with E-state index in [0.29, 0.717) is 42.5 Å². The minimum atomic E-state index is -4.04. The number of likely N-dealkylation sites (N-methyl/N-ethyl adjacent to an activating group) is 1. The van der Waals surface area contributed by atoms with Crippen LogP contribution in [-0.4, -0.2) is 76.0 Å². The Hall–Kier alpha value is -2.32. The maximum Gasteiger partial charge on any atom is 0.243 e. The minimum Gasteiger partial charge on any atom is -0.325 e. The molecule has 9 nitrogen and oxygen atoms in total. The molecule has 13 heteroatoms. The second-order valence-electron chi connectivity index (χ2n) is 9.13. The Morgan fingerprint density at radius 2 is 1.44 bits per heavy atom. The van der Waals surface area contributed by atoms with Gasteiger partial charge in [0, 0.05) is 47.9 Å². The van der Waals surface area contributed by atoms with E-state index in [0.717, 1.165) is 8.78 Å². The topological polar surface area (TPSA) is 107 Å². The Balaban J connectivity index is 1.49. The fourth-order valence-corrected chi connectivity index (χ4v) is 7.22. The molecule has 1 aliphatic rings. The molecular formula is C26H28BrClN4O5S2. The Labute approximate surface area is 242 Å². The largest absolute Gasteiger partial charge is 0.325 e. The molecule has 0 saturated carbocycles. The number of nitrogens with zero attached hydrogens (tertiary/aromatic N) is 3. The van der Waals surface area contributed by atoms with Crippen molar-refractivity contribution in [2.75, 3.05) is 45.1 Å². The van der Waals surface area contributed by atoms with Gasteiger partial charge in [-0.25, -0.2) is 16.8 Å². The summed E-state index contributed by atoms with van der Waals surface area (Å²) >= 11 is 9.29. The Morgan fingerprint density at radius 3 is 2.03 bits per heavy atom. The van der Waals surface area contributed by atoms with E-state index < -0.39 is 32.5 Å². The Morgan fingerprint density at radius 1 is 0.872 bits per heavy atom. The highest BCUT2D eigenvalue weighted by Gasteiger charge is 2.29. The average molecular weight is 656 g/mol. The molecule has 1 fully saturated rings. The van der Waals surface area contributed by atoms with Crippen LogP contribution in [0, 0.1) is 0 Å². The summed E-state index contributed by atoms with van der Waals surface area (Å²) in [5.74, 6) is -0.570. The average Bonchev–Trinajstić information content (AvgIpc) is 2.90. The van der Waals surface area contributed by atoms with Crippen molar-refractivity contribution in [3.05, 3.63) is 87.9 Å². The number of benzene rings is 3. The lowest BCUT2D eigenvalue weighted by Gasteiger charge is -2.31. The molecule has 1 amide bonds. The van der Waals surface area contributed by atoms with E-state index in [9.17, 15) is 21.6 Å². The summed E-state index contributed by atoms with van der Waals surface area (Å²) in [6, 6.07) is 18.7. The third kappa shape index (κ3) is 7.46. The molecule has 0 aliphatic carbocycles. The number of carbonyl (C=O) groups excluding carboxylic acids is 1. The molecule has 0 radical (unpaired) electrons. The van der Waals surface area contributed by atoms with E-state index in [2.05, 4.69) is 26.1 Å². The van der Waals surface area contributed by atoms with Gasteiger partial charge in [0.2, 0.25) is 26.0 Å². The van der Waals surface area contributed by atoms with Crippen LogP contribution >= 0.6 is 27.5 Å². The van der Waals surface area contributed by atoms with Crippen LogP contribution in [0.4, 0.5) is 5.69 Å². The van der Waals surface area contributed by atoms with Crippen LogP contribution in [0.1, 0.15) is 5.56 Å². The quantitative estimate of drug-likeness (QED) is 0.375. The first-order valence-electron chi connectivity index (χ1n) is 12.0. The number of rotatable bonds is 9. The van der Waals surface area contributed by atoms with Crippen molar-refractivity contribution in [2.45, 2.75) is 16.3 Å². The third-order valence-electron chi connectivity index (χ3n) is 6.28. The second kappa shape index (κ2) is 12.5. The van der Waals surface area contributed by atoms with Crippen molar-refractivity contribution < 1.29 is 21.6 Å². The van der Waals surface area contributed by atoms with Gasteiger partial charge in [-0.05, 0) is 73.3 Å². The number of amides is 1. The first-order valence-corrected chi connectivity index (χ1v) is 16.1. The Bertz CT molecular complexity index is 1510. The molecule has 3 aromatic rings. The maximum atomic E-state index is 13.4. The summed E-state index contributed by atoms with van der Waals surface area (Å²) in [4.78, 5) is 15.2. The molecule has 0 atom stereocenters. The zero-order valence-corrected chi connectivity index (χ0v) is 25.1. The lowest BCUT2D eigenvalue weighted by atomic mass is 10.2. The van der Waals surface area contributed by atoms with E-state index >= 15 is 0 Å².